The number of aromatic nitrogens is 2. The summed E-state index contributed by atoms with van der Waals surface area (Å²) >= 11 is 0. The fourth-order valence-electron chi connectivity index (χ4n) is 4.08. The van der Waals surface area contributed by atoms with Crippen molar-refractivity contribution in [3.8, 4) is 11.4 Å². The lowest BCUT2D eigenvalue weighted by molar-refractivity contribution is -0.127. The second-order valence-corrected chi connectivity index (χ2v) is 6.87. The van der Waals surface area contributed by atoms with E-state index in [1.165, 1.54) is 17.3 Å². The minimum absolute atomic E-state index is 0.0190. The molecule has 2 amide bonds. The van der Waals surface area contributed by atoms with Gasteiger partial charge in [0.05, 0.1) is 11.9 Å². The number of nitrogens with one attached hydrogen (secondary N) is 2. The first-order valence-electron chi connectivity index (χ1n) is 8.56. The van der Waals surface area contributed by atoms with Crippen LogP contribution in [0.4, 0.5) is 0 Å². The molecule has 2 aliphatic rings. The van der Waals surface area contributed by atoms with E-state index in [1.807, 2.05) is 30.3 Å². The van der Waals surface area contributed by atoms with Crippen LogP contribution in [0.25, 0.3) is 5.69 Å². The van der Waals surface area contributed by atoms with Crippen molar-refractivity contribution in [3.05, 3.63) is 42.2 Å². The van der Waals surface area contributed by atoms with Gasteiger partial charge in [-0.05, 0) is 43.2 Å². The zero-order chi connectivity index (χ0) is 17.4. The van der Waals surface area contributed by atoms with E-state index in [9.17, 15) is 14.7 Å². The molecule has 4 rings (SSSR count). The molecular formula is C18H20N4O3. The van der Waals surface area contributed by atoms with Crippen LogP contribution in [0.2, 0.25) is 0 Å². The Morgan fingerprint density at radius 2 is 1.92 bits per heavy atom. The van der Waals surface area contributed by atoms with E-state index in [0.29, 0.717) is 11.8 Å². The number of aromatic hydroxyl groups is 1. The number of hydrogen-bond donors (Lipinski definition) is 3. The van der Waals surface area contributed by atoms with Gasteiger partial charge in [-0.25, -0.2) is 4.68 Å². The van der Waals surface area contributed by atoms with Crippen molar-refractivity contribution >= 4 is 11.8 Å². The van der Waals surface area contributed by atoms with E-state index in [1.54, 1.807) is 0 Å². The highest BCUT2D eigenvalue weighted by atomic mass is 16.3. The van der Waals surface area contributed by atoms with Crippen LogP contribution >= 0.6 is 0 Å². The number of carbonyl (C=O) groups is 2. The molecule has 2 fully saturated rings. The smallest absolute Gasteiger partial charge is 0.294 e. The van der Waals surface area contributed by atoms with Gasteiger partial charge >= 0.3 is 0 Å². The molecule has 0 saturated heterocycles. The van der Waals surface area contributed by atoms with E-state index in [4.69, 9.17) is 0 Å². The number of para-hydroxylation sites is 1. The van der Waals surface area contributed by atoms with Crippen LogP contribution in [0, 0.1) is 17.8 Å². The Hall–Kier alpha value is -2.83. The second-order valence-electron chi connectivity index (χ2n) is 6.87. The number of hydrazine groups is 1. The summed E-state index contributed by atoms with van der Waals surface area (Å²) in [6, 6.07) is 9.16. The van der Waals surface area contributed by atoms with E-state index in [-0.39, 0.29) is 23.3 Å². The van der Waals surface area contributed by atoms with Crippen molar-refractivity contribution < 1.29 is 14.7 Å². The molecule has 0 radical (unpaired) electrons. The van der Waals surface area contributed by atoms with Crippen LogP contribution in [0.5, 0.6) is 5.75 Å². The predicted octanol–water partition coefficient (Wildman–Crippen LogP) is 1.78. The van der Waals surface area contributed by atoms with E-state index < -0.39 is 5.91 Å². The standard InChI is InChI=1S/C18H20N4O3/c23-15-10-22(13-4-2-1-3-5-13)21-16(15)18(25)20-19-17(24)14-9-11-6-7-12(14)8-11/h1-5,10-12,14,23H,6-9H2,(H,19,24)(H,20,25)/t11-,12-,14+/m0/s1. The topological polar surface area (TPSA) is 96.3 Å². The summed E-state index contributed by atoms with van der Waals surface area (Å²) in [6.07, 6.45) is 5.70. The third kappa shape index (κ3) is 2.97. The normalized spacial score (nSPS) is 24.2. The highest BCUT2D eigenvalue weighted by Gasteiger charge is 2.43. The number of carbonyl (C=O) groups excluding carboxylic acids is 2. The van der Waals surface area contributed by atoms with Crippen molar-refractivity contribution in [2.75, 3.05) is 0 Å². The van der Waals surface area contributed by atoms with E-state index in [2.05, 4.69) is 16.0 Å². The molecule has 3 atom stereocenters. The fourth-order valence-corrected chi connectivity index (χ4v) is 4.08. The number of nitrogens with zero attached hydrogens (tertiary/aromatic N) is 2. The van der Waals surface area contributed by atoms with Crippen LogP contribution in [-0.2, 0) is 4.79 Å². The molecule has 2 aromatic rings. The molecule has 1 heterocycles. The fraction of sp³-hybridized carbons (Fsp3) is 0.389. The second kappa shape index (κ2) is 6.23. The van der Waals surface area contributed by atoms with Crippen molar-refractivity contribution in [1.82, 2.24) is 20.6 Å². The molecule has 7 heteroatoms. The Labute approximate surface area is 145 Å². The third-order valence-electron chi connectivity index (χ3n) is 5.30. The van der Waals surface area contributed by atoms with Crippen LogP contribution in [0.3, 0.4) is 0 Å². The molecule has 7 nitrogen and oxygen atoms in total. The van der Waals surface area contributed by atoms with Crippen molar-refractivity contribution in [1.29, 1.82) is 0 Å². The summed E-state index contributed by atoms with van der Waals surface area (Å²) in [5.41, 5.74) is 5.45. The van der Waals surface area contributed by atoms with Crippen LogP contribution in [0.1, 0.15) is 36.2 Å². The van der Waals surface area contributed by atoms with Gasteiger partial charge < -0.3 is 5.11 Å². The summed E-state index contributed by atoms with van der Waals surface area (Å²) in [6.45, 7) is 0. The predicted molar refractivity (Wildman–Crippen MR) is 89.8 cm³/mol. The maximum atomic E-state index is 12.3. The average Bonchev–Trinajstić information content (AvgIpc) is 3.35. The minimum Gasteiger partial charge on any atom is -0.504 e. The summed E-state index contributed by atoms with van der Waals surface area (Å²) in [5.74, 6) is 0.0472. The zero-order valence-corrected chi connectivity index (χ0v) is 13.7. The van der Waals surface area contributed by atoms with Gasteiger partial charge in [0.1, 0.15) is 0 Å². The highest BCUT2D eigenvalue weighted by molar-refractivity contribution is 5.96. The van der Waals surface area contributed by atoms with Crippen LogP contribution in [0.15, 0.2) is 36.5 Å². The Kier molecular flexibility index (Phi) is 3.91. The molecule has 0 unspecified atom stereocenters. The lowest BCUT2D eigenvalue weighted by Crippen LogP contribution is -2.45. The average molecular weight is 340 g/mol. The van der Waals surface area contributed by atoms with Crippen LogP contribution < -0.4 is 10.9 Å². The van der Waals surface area contributed by atoms with Gasteiger partial charge in [0.25, 0.3) is 5.91 Å². The van der Waals surface area contributed by atoms with Crippen molar-refractivity contribution in [2.45, 2.75) is 25.7 Å². The van der Waals surface area contributed by atoms with E-state index >= 15 is 0 Å². The lowest BCUT2D eigenvalue weighted by Gasteiger charge is -2.20. The molecule has 2 saturated carbocycles. The number of hydrogen-bond acceptors (Lipinski definition) is 4. The summed E-state index contributed by atoms with van der Waals surface area (Å²) in [7, 11) is 0. The molecular weight excluding hydrogens is 320 g/mol. The number of rotatable bonds is 3. The number of fused-ring (bicyclic) bond motifs is 2. The maximum absolute atomic E-state index is 12.3. The van der Waals surface area contributed by atoms with Gasteiger partial charge in [-0.3, -0.25) is 20.4 Å². The Morgan fingerprint density at radius 3 is 2.60 bits per heavy atom. The zero-order valence-electron chi connectivity index (χ0n) is 13.7. The van der Waals surface area contributed by atoms with Crippen molar-refractivity contribution in [2.24, 2.45) is 17.8 Å². The quantitative estimate of drug-likeness (QED) is 0.742. The Balaban J connectivity index is 1.40. The van der Waals surface area contributed by atoms with E-state index in [0.717, 1.165) is 24.9 Å². The summed E-state index contributed by atoms with van der Waals surface area (Å²) in [4.78, 5) is 24.5. The number of amides is 2. The summed E-state index contributed by atoms with van der Waals surface area (Å²) < 4.78 is 1.42. The first-order chi connectivity index (χ1) is 12.1. The molecule has 1 aromatic carbocycles. The molecule has 0 aliphatic heterocycles. The molecule has 3 N–H and O–H groups in total. The number of benzene rings is 1. The van der Waals surface area contributed by atoms with Gasteiger partial charge in [-0.2, -0.15) is 5.10 Å². The Morgan fingerprint density at radius 1 is 1.12 bits per heavy atom. The minimum atomic E-state index is -0.635. The van der Waals surface area contributed by atoms with Crippen molar-refractivity contribution in [3.63, 3.8) is 0 Å². The molecule has 0 spiro atoms. The van der Waals surface area contributed by atoms with Gasteiger partial charge in [0.2, 0.25) is 5.91 Å². The largest absolute Gasteiger partial charge is 0.504 e. The molecule has 2 aliphatic carbocycles. The first kappa shape index (κ1) is 15.7. The highest BCUT2D eigenvalue weighted by Crippen LogP contribution is 2.48. The molecule has 1 aromatic heterocycles. The monoisotopic (exact) mass is 340 g/mol. The maximum Gasteiger partial charge on any atom is 0.294 e. The SMILES string of the molecule is O=C(NNC(=O)[C@@H]1C[C@H]2CC[C@H]1C2)c1nn(-c2ccccc2)cc1O. The third-order valence-corrected chi connectivity index (χ3v) is 5.30. The summed E-state index contributed by atoms with van der Waals surface area (Å²) in [5, 5.41) is 14.1. The van der Waals surface area contributed by atoms with Gasteiger partial charge in [-0.1, -0.05) is 24.6 Å². The first-order valence-corrected chi connectivity index (χ1v) is 8.56. The van der Waals surface area contributed by atoms with Crippen LogP contribution in [-0.4, -0.2) is 26.7 Å². The van der Waals surface area contributed by atoms with Gasteiger partial charge in [0.15, 0.2) is 11.4 Å². The molecule has 130 valence electrons. The van der Waals surface area contributed by atoms with Gasteiger partial charge in [-0.15, -0.1) is 0 Å². The Bertz CT molecular complexity index is 802. The molecule has 2 bridgehead atoms. The lowest BCUT2D eigenvalue weighted by atomic mass is 9.88. The van der Waals surface area contributed by atoms with Gasteiger partial charge in [0, 0.05) is 5.92 Å². The molecule has 25 heavy (non-hydrogen) atoms.